The second-order valence-electron chi connectivity index (χ2n) is 5.83. The number of nitrogens with zero attached hydrogens (tertiary/aromatic N) is 2. The molecule has 6 nitrogen and oxygen atoms in total. The molecule has 4 rings (SSSR count). The van der Waals surface area contributed by atoms with Crippen LogP contribution in [0.3, 0.4) is 0 Å². The number of thiazole rings is 1. The summed E-state index contributed by atoms with van der Waals surface area (Å²) in [6.07, 6.45) is 0.632. The van der Waals surface area contributed by atoms with Crippen LogP contribution in [0, 0.1) is 6.92 Å². The number of para-hydroxylation sites is 1. The number of rotatable bonds is 4. The number of benzene rings is 1. The van der Waals surface area contributed by atoms with E-state index in [0.717, 1.165) is 11.1 Å². The third kappa shape index (κ3) is 3.02. The highest BCUT2D eigenvalue weighted by atomic mass is 32.2. The Bertz CT molecular complexity index is 1070. The van der Waals surface area contributed by atoms with Crippen LogP contribution in [-0.4, -0.2) is 25.9 Å². The van der Waals surface area contributed by atoms with Gasteiger partial charge in [-0.2, -0.15) is 19.8 Å². The molecule has 134 valence electrons. The van der Waals surface area contributed by atoms with Gasteiger partial charge in [-0.3, -0.25) is 9.10 Å². The number of hydrogen-bond acceptors (Lipinski definition) is 6. The van der Waals surface area contributed by atoms with Gasteiger partial charge in [0.15, 0.2) is 0 Å². The molecular formula is C17H15N3O3S3. The Balaban J connectivity index is 1.59. The molecule has 0 aliphatic carbocycles. The topological polar surface area (TPSA) is 79.4 Å². The fraction of sp³-hybridized carbons (Fsp3) is 0.176. The maximum absolute atomic E-state index is 12.7. The van der Waals surface area contributed by atoms with E-state index < -0.39 is 16.1 Å². The molecule has 0 spiro atoms. The van der Waals surface area contributed by atoms with Crippen molar-refractivity contribution in [1.29, 1.82) is 0 Å². The van der Waals surface area contributed by atoms with E-state index in [4.69, 9.17) is 0 Å². The van der Waals surface area contributed by atoms with Gasteiger partial charge in [0.2, 0.25) is 0 Å². The first kappa shape index (κ1) is 17.2. The lowest BCUT2D eigenvalue weighted by atomic mass is 10.2. The minimum absolute atomic E-state index is 0.308. The quantitative estimate of drug-likeness (QED) is 0.723. The molecule has 1 amide bonds. The molecule has 0 saturated carbocycles. The molecule has 26 heavy (non-hydrogen) atoms. The molecule has 0 fully saturated rings. The molecule has 1 N–H and O–H groups in total. The van der Waals surface area contributed by atoms with E-state index in [-0.39, 0.29) is 0 Å². The number of anilines is 1. The lowest BCUT2D eigenvalue weighted by Gasteiger charge is -2.19. The number of thiophene rings is 1. The molecule has 3 heterocycles. The van der Waals surface area contributed by atoms with Crippen molar-refractivity contribution >= 4 is 44.5 Å². The van der Waals surface area contributed by atoms with Crippen LogP contribution in [0.1, 0.15) is 20.9 Å². The van der Waals surface area contributed by atoms with E-state index >= 15 is 0 Å². The molecule has 1 aliphatic rings. The standard InChI is InChI=1S/C17H15N3O3S3/c1-11-15(25-17(18-11)13-7-9-24-10-13)16(21)19-26(22,23)20-8-6-12-4-2-3-5-14(12)20/h2-5,7,9-10H,6,8H2,1H3,(H,19,21). The summed E-state index contributed by atoms with van der Waals surface area (Å²) in [6.45, 7) is 2.03. The lowest BCUT2D eigenvalue weighted by molar-refractivity contribution is 0.0984. The Morgan fingerprint density at radius 2 is 2.08 bits per heavy atom. The average Bonchev–Trinajstić information content (AvgIpc) is 3.33. The first-order valence-electron chi connectivity index (χ1n) is 7.88. The number of nitrogens with one attached hydrogen (secondary N) is 1. The largest absolute Gasteiger partial charge is 0.326 e. The Hall–Kier alpha value is -2.23. The Kier molecular flexibility index (Phi) is 4.29. The lowest BCUT2D eigenvalue weighted by Crippen LogP contribution is -2.42. The summed E-state index contributed by atoms with van der Waals surface area (Å²) >= 11 is 2.74. The molecule has 9 heteroatoms. The fourth-order valence-corrected chi connectivity index (χ4v) is 5.85. The molecule has 3 aromatic rings. The summed E-state index contributed by atoms with van der Waals surface area (Å²) in [5.74, 6) is -0.647. The van der Waals surface area contributed by atoms with Crippen LogP contribution in [-0.2, 0) is 16.6 Å². The zero-order valence-corrected chi connectivity index (χ0v) is 16.2. The number of carbonyl (C=O) groups is 1. The number of carbonyl (C=O) groups excluding carboxylic acids is 1. The van der Waals surface area contributed by atoms with Gasteiger partial charge in [-0.15, -0.1) is 11.3 Å². The third-order valence-corrected chi connectivity index (χ3v) is 7.42. The van der Waals surface area contributed by atoms with E-state index in [2.05, 4.69) is 9.71 Å². The molecule has 0 unspecified atom stereocenters. The number of aryl methyl sites for hydroxylation is 1. The van der Waals surface area contributed by atoms with Crippen LogP contribution < -0.4 is 9.03 Å². The van der Waals surface area contributed by atoms with Crippen molar-refractivity contribution < 1.29 is 13.2 Å². The Morgan fingerprint density at radius 1 is 1.27 bits per heavy atom. The Labute approximate surface area is 159 Å². The van der Waals surface area contributed by atoms with Gasteiger partial charge in [-0.05, 0) is 36.4 Å². The molecule has 1 aliphatic heterocycles. The van der Waals surface area contributed by atoms with Crippen molar-refractivity contribution in [3.05, 3.63) is 57.2 Å². The van der Waals surface area contributed by atoms with Crippen LogP contribution in [0.25, 0.3) is 10.6 Å². The van der Waals surface area contributed by atoms with E-state index in [0.29, 0.717) is 34.2 Å². The molecule has 0 saturated heterocycles. The molecule has 0 atom stereocenters. The first-order valence-corrected chi connectivity index (χ1v) is 11.1. The van der Waals surface area contributed by atoms with Crippen LogP contribution in [0.2, 0.25) is 0 Å². The molecular weight excluding hydrogens is 390 g/mol. The van der Waals surface area contributed by atoms with Gasteiger partial charge in [0.25, 0.3) is 5.91 Å². The van der Waals surface area contributed by atoms with E-state index in [9.17, 15) is 13.2 Å². The maximum Gasteiger partial charge on any atom is 0.326 e. The van der Waals surface area contributed by atoms with E-state index in [1.54, 1.807) is 30.4 Å². The predicted molar refractivity (Wildman–Crippen MR) is 104 cm³/mol. The first-order chi connectivity index (χ1) is 12.5. The van der Waals surface area contributed by atoms with Crippen LogP contribution in [0.15, 0.2) is 41.1 Å². The van der Waals surface area contributed by atoms with Gasteiger partial charge >= 0.3 is 10.2 Å². The summed E-state index contributed by atoms with van der Waals surface area (Å²) in [4.78, 5) is 17.3. The molecule has 2 aromatic heterocycles. The molecule has 0 bridgehead atoms. The highest BCUT2D eigenvalue weighted by Crippen LogP contribution is 2.31. The SMILES string of the molecule is Cc1nc(-c2ccsc2)sc1C(=O)NS(=O)(=O)N1CCc2ccccc21. The van der Waals surface area contributed by atoms with Crippen molar-refractivity contribution in [1.82, 2.24) is 9.71 Å². The van der Waals surface area contributed by atoms with Crippen molar-refractivity contribution in [2.24, 2.45) is 0 Å². The minimum atomic E-state index is -3.97. The van der Waals surface area contributed by atoms with Gasteiger partial charge in [-0.25, -0.2) is 9.71 Å². The van der Waals surface area contributed by atoms with E-state index in [1.165, 1.54) is 15.6 Å². The van der Waals surface area contributed by atoms with Crippen molar-refractivity contribution in [2.45, 2.75) is 13.3 Å². The third-order valence-electron chi connectivity index (χ3n) is 4.13. The molecule has 0 radical (unpaired) electrons. The highest BCUT2D eigenvalue weighted by Gasteiger charge is 2.31. The molecule has 1 aromatic carbocycles. The van der Waals surface area contributed by atoms with Gasteiger partial charge in [0.1, 0.15) is 9.88 Å². The van der Waals surface area contributed by atoms with Crippen molar-refractivity contribution in [3.63, 3.8) is 0 Å². The van der Waals surface area contributed by atoms with Gasteiger partial charge < -0.3 is 0 Å². The minimum Gasteiger partial charge on any atom is -0.267 e. The number of amides is 1. The summed E-state index contributed by atoms with van der Waals surface area (Å²) in [5, 5.41) is 4.58. The Morgan fingerprint density at radius 3 is 2.85 bits per heavy atom. The number of hydrogen-bond donors (Lipinski definition) is 1. The van der Waals surface area contributed by atoms with Gasteiger partial charge in [0, 0.05) is 17.5 Å². The maximum atomic E-state index is 12.7. The highest BCUT2D eigenvalue weighted by molar-refractivity contribution is 7.91. The van der Waals surface area contributed by atoms with Crippen LogP contribution >= 0.6 is 22.7 Å². The summed E-state index contributed by atoms with van der Waals surface area (Å²) < 4.78 is 28.8. The average molecular weight is 406 g/mol. The zero-order chi connectivity index (χ0) is 18.3. The summed E-state index contributed by atoms with van der Waals surface area (Å²) in [7, 11) is -3.97. The normalized spacial score (nSPS) is 13.7. The van der Waals surface area contributed by atoms with Crippen LogP contribution in [0.4, 0.5) is 5.69 Å². The van der Waals surface area contributed by atoms with E-state index in [1.807, 2.05) is 29.0 Å². The summed E-state index contributed by atoms with van der Waals surface area (Å²) in [6, 6.07) is 9.23. The number of aromatic nitrogens is 1. The van der Waals surface area contributed by atoms with Gasteiger partial charge in [-0.1, -0.05) is 18.2 Å². The van der Waals surface area contributed by atoms with Crippen molar-refractivity contribution in [2.75, 3.05) is 10.8 Å². The predicted octanol–water partition coefficient (Wildman–Crippen LogP) is 3.22. The second kappa shape index (κ2) is 6.49. The zero-order valence-electron chi connectivity index (χ0n) is 13.8. The monoisotopic (exact) mass is 405 g/mol. The summed E-state index contributed by atoms with van der Waals surface area (Å²) in [5.41, 5.74) is 3.02. The number of fused-ring (bicyclic) bond motifs is 1. The second-order valence-corrected chi connectivity index (χ2v) is 9.21. The van der Waals surface area contributed by atoms with Crippen LogP contribution in [0.5, 0.6) is 0 Å². The fourth-order valence-electron chi connectivity index (χ4n) is 2.89. The van der Waals surface area contributed by atoms with Crippen molar-refractivity contribution in [3.8, 4) is 10.6 Å². The van der Waals surface area contributed by atoms with Gasteiger partial charge in [0.05, 0.1) is 11.4 Å². The smallest absolute Gasteiger partial charge is 0.267 e.